The second-order valence-corrected chi connectivity index (χ2v) is 7.05. The van der Waals surface area contributed by atoms with Crippen molar-refractivity contribution in [2.24, 2.45) is 0 Å². The van der Waals surface area contributed by atoms with Crippen LogP contribution in [0.2, 0.25) is 0 Å². The highest BCUT2D eigenvalue weighted by atomic mass is 16.5. The van der Waals surface area contributed by atoms with Gasteiger partial charge in [-0.05, 0) is 49.6 Å². The number of para-hydroxylation sites is 1. The largest absolute Gasteiger partial charge is 0.374 e. The zero-order valence-corrected chi connectivity index (χ0v) is 17.1. The van der Waals surface area contributed by atoms with Crippen LogP contribution in [-0.2, 0) is 14.3 Å². The number of hydrogen-bond acceptors (Lipinski definition) is 4. The molecule has 2 aromatic carbocycles. The highest BCUT2D eigenvalue weighted by Gasteiger charge is 2.16. The standard InChI is InChI=1S/C22H29N3O3/c1-14(2)19-11-6-7-12-20(19)25-21(26)15(3)23-17-9-8-10-18(13-17)24-22(27)16(4)28-5/h6-16,23H,1-5H3,(H,24,27)(H,25,26). The molecule has 0 bridgehead atoms. The van der Waals surface area contributed by atoms with Crippen molar-refractivity contribution >= 4 is 28.9 Å². The molecule has 0 aromatic heterocycles. The second-order valence-electron chi connectivity index (χ2n) is 7.05. The van der Waals surface area contributed by atoms with Crippen molar-refractivity contribution < 1.29 is 14.3 Å². The fourth-order valence-corrected chi connectivity index (χ4v) is 2.71. The molecule has 3 N–H and O–H groups in total. The molecule has 28 heavy (non-hydrogen) atoms. The first-order valence-corrected chi connectivity index (χ1v) is 9.42. The highest BCUT2D eigenvalue weighted by molar-refractivity contribution is 5.97. The number of amides is 2. The van der Waals surface area contributed by atoms with Crippen molar-refractivity contribution in [3.63, 3.8) is 0 Å². The third-order valence-electron chi connectivity index (χ3n) is 4.47. The minimum Gasteiger partial charge on any atom is -0.374 e. The topological polar surface area (TPSA) is 79.5 Å². The number of ether oxygens (including phenoxy) is 1. The number of carbonyl (C=O) groups is 2. The van der Waals surface area contributed by atoms with Gasteiger partial charge in [-0.15, -0.1) is 0 Å². The first-order valence-electron chi connectivity index (χ1n) is 9.42. The van der Waals surface area contributed by atoms with E-state index in [1.165, 1.54) is 7.11 Å². The van der Waals surface area contributed by atoms with Crippen LogP contribution >= 0.6 is 0 Å². The summed E-state index contributed by atoms with van der Waals surface area (Å²) in [5.74, 6) is -0.0409. The molecular weight excluding hydrogens is 354 g/mol. The summed E-state index contributed by atoms with van der Waals surface area (Å²) in [7, 11) is 1.49. The normalized spacial score (nSPS) is 12.9. The number of rotatable bonds is 8. The summed E-state index contributed by atoms with van der Waals surface area (Å²) in [6, 6.07) is 14.6. The van der Waals surface area contributed by atoms with Crippen molar-refractivity contribution in [3.05, 3.63) is 54.1 Å². The minimum absolute atomic E-state index is 0.129. The van der Waals surface area contributed by atoms with E-state index in [4.69, 9.17) is 4.74 Å². The first-order chi connectivity index (χ1) is 13.3. The van der Waals surface area contributed by atoms with Crippen molar-refractivity contribution in [1.82, 2.24) is 0 Å². The monoisotopic (exact) mass is 383 g/mol. The van der Waals surface area contributed by atoms with E-state index < -0.39 is 12.1 Å². The van der Waals surface area contributed by atoms with Gasteiger partial charge in [0, 0.05) is 24.2 Å². The molecule has 2 rings (SSSR count). The van der Waals surface area contributed by atoms with E-state index in [2.05, 4.69) is 29.8 Å². The highest BCUT2D eigenvalue weighted by Crippen LogP contribution is 2.24. The van der Waals surface area contributed by atoms with E-state index in [0.717, 1.165) is 16.9 Å². The Kier molecular flexibility index (Phi) is 7.58. The van der Waals surface area contributed by atoms with Crippen LogP contribution in [0.3, 0.4) is 0 Å². The Morgan fingerprint density at radius 2 is 1.54 bits per heavy atom. The second kappa shape index (κ2) is 9.90. The lowest BCUT2D eigenvalue weighted by molar-refractivity contribution is -0.124. The molecule has 0 radical (unpaired) electrons. The average Bonchev–Trinajstić information content (AvgIpc) is 2.67. The van der Waals surface area contributed by atoms with E-state index in [-0.39, 0.29) is 11.8 Å². The van der Waals surface area contributed by atoms with Gasteiger partial charge in [-0.2, -0.15) is 0 Å². The number of hydrogen-bond donors (Lipinski definition) is 3. The molecule has 2 amide bonds. The van der Waals surface area contributed by atoms with Crippen LogP contribution in [0.1, 0.15) is 39.2 Å². The maximum atomic E-state index is 12.6. The van der Waals surface area contributed by atoms with Gasteiger partial charge in [0.2, 0.25) is 5.91 Å². The molecule has 0 aliphatic carbocycles. The summed E-state index contributed by atoms with van der Waals surface area (Å²) in [5.41, 5.74) is 3.30. The summed E-state index contributed by atoms with van der Waals surface area (Å²) in [6.07, 6.45) is -0.539. The maximum Gasteiger partial charge on any atom is 0.253 e. The van der Waals surface area contributed by atoms with Gasteiger partial charge in [-0.1, -0.05) is 38.1 Å². The fraction of sp³-hybridized carbons (Fsp3) is 0.364. The number of carbonyl (C=O) groups excluding carboxylic acids is 2. The van der Waals surface area contributed by atoms with Crippen molar-refractivity contribution in [2.75, 3.05) is 23.1 Å². The minimum atomic E-state index is -0.539. The summed E-state index contributed by atoms with van der Waals surface area (Å²) >= 11 is 0. The lowest BCUT2D eigenvalue weighted by Crippen LogP contribution is -2.32. The van der Waals surface area contributed by atoms with E-state index in [0.29, 0.717) is 11.6 Å². The Morgan fingerprint density at radius 1 is 0.857 bits per heavy atom. The molecule has 2 atom stereocenters. The Bertz CT molecular complexity index is 820. The van der Waals surface area contributed by atoms with Gasteiger partial charge in [0.15, 0.2) is 0 Å². The molecule has 0 saturated heterocycles. The summed E-state index contributed by atoms with van der Waals surface area (Å²) in [5, 5.41) is 8.96. The Labute approximate surface area is 166 Å². The first kappa shape index (κ1) is 21.4. The predicted octanol–water partition coefficient (Wildman–Crippen LogP) is 4.22. The third kappa shape index (κ3) is 5.82. The fourth-order valence-electron chi connectivity index (χ4n) is 2.71. The number of methoxy groups -OCH3 is 1. The van der Waals surface area contributed by atoms with E-state index in [1.807, 2.05) is 36.4 Å². The van der Waals surface area contributed by atoms with Crippen LogP contribution in [0.5, 0.6) is 0 Å². The van der Waals surface area contributed by atoms with Gasteiger partial charge in [0.05, 0.1) is 0 Å². The summed E-state index contributed by atoms with van der Waals surface area (Å²) < 4.78 is 5.01. The van der Waals surface area contributed by atoms with E-state index in [1.54, 1.807) is 26.0 Å². The van der Waals surface area contributed by atoms with Crippen molar-refractivity contribution in [3.8, 4) is 0 Å². The molecule has 0 spiro atoms. The predicted molar refractivity (Wildman–Crippen MR) is 114 cm³/mol. The van der Waals surface area contributed by atoms with Gasteiger partial charge in [-0.25, -0.2) is 0 Å². The van der Waals surface area contributed by atoms with Crippen molar-refractivity contribution in [2.45, 2.75) is 45.8 Å². The Hall–Kier alpha value is -2.86. The lowest BCUT2D eigenvalue weighted by Gasteiger charge is -2.19. The maximum absolute atomic E-state index is 12.6. The Balaban J connectivity index is 2.02. The zero-order valence-electron chi connectivity index (χ0n) is 17.1. The molecule has 2 aromatic rings. The Morgan fingerprint density at radius 3 is 2.21 bits per heavy atom. The quantitative estimate of drug-likeness (QED) is 0.638. The van der Waals surface area contributed by atoms with Crippen molar-refractivity contribution in [1.29, 1.82) is 0 Å². The number of anilines is 3. The number of benzene rings is 2. The summed E-state index contributed by atoms with van der Waals surface area (Å²) in [6.45, 7) is 7.66. The third-order valence-corrected chi connectivity index (χ3v) is 4.47. The van der Waals surface area contributed by atoms with Crippen LogP contribution in [0, 0.1) is 0 Å². The van der Waals surface area contributed by atoms with E-state index >= 15 is 0 Å². The van der Waals surface area contributed by atoms with Gasteiger partial charge in [0.1, 0.15) is 12.1 Å². The molecule has 2 unspecified atom stereocenters. The zero-order chi connectivity index (χ0) is 20.7. The van der Waals surface area contributed by atoms with Crippen LogP contribution in [0.25, 0.3) is 0 Å². The molecule has 0 heterocycles. The smallest absolute Gasteiger partial charge is 0.253 e. The molecule has 150 valence electrons. The van der Waals surface area contributed by atoms with Gasteiger partial charge in [0.25, 0.3) is 5.91 Å². The summed E-state index contributed by atoms with van der Waals surface area (Å²) in [4.78, 5) is 24.6. The molecule has 6 heteroatoms. The molecular formula is C22H29N3O3. The molecule has 6 nitrogen and oxygen atoms in total. The van der Waals surface area contributed by atoms with Crippen LogP contribution in [0.15, 0.2) is 48.5 Å². The van der Waals surface area contributed by atoms with Gasteiger partial charge in [-0.3, -0.25) is 9.59 Å². The van der Waals surface area contributed by atoms with E-state index in [9.17, 15) is 9.59 Å². The average molecular weight is 383 g/mol. The molecule has 0 saturated carbocycles. The van der Waals surface area contributed by atoms with Crippen LogP contribution in [0.4, 0.5) is 17.1 Å². The van der Waals surface area contributed by atoms with Crippen LogP contribution in [-0.4, -0.2) is 31.1 Å². The van der Waals surface area contributed by atoms with Crippen LogP contribution < -0.4 is 16.0 Å². The molecule has 0 aliphatic heterocycles. The number of nitrogens with one attached hydrogen (secondary N) is 3. The molecule has 0 fully saturated rings. The SMILES string of the molecule is COC(C)C(=O)Nc1cccc(NC(C)C(=O)Nc2ccccc2C(C)C)c1. The van der Waals surface area contributed by atoms with Gasteiger partial charge >= 0.3 is 0 Å². The lowest BCUT2D eigenvalue weighted by atomic mass is 10.0. The van der Waals surface area contributed by atoms with Gasteiger partial charge < -0.3 is 20.7 Å². The molecule has 0 aliphatic rings.